The van der Waals surface area contributed by atoms with E-state index in [1.807, 2.05) is 24.3 Å². The smallest absolute Gasteiger partial charge is 0.118 e. The van der Waals surface area contributed by atoms with Crippen molar-refractivity contribution in [3.63, 3.8) is 0 Å². The van der Waals surface area contributed by atoms with Crippen LogP contribution in [-0.4, -0.2) is 19.9 Å². The second kappa shape index (κ2) is 5.75. The van der Waals surface area contributed by atoms with Crippen molar-refractivity contribution in [1.82, 2.24) is 0 Å². The summed E-state index contributed by atoms with van der Waals surface area (Å²) < 4.78 is 5.07. The van der Waals surface area contributed by atoms with Crippen LogP contribution in [0, 0.1) is 0 Å². The molecule has 0 heterocycles. The number of hydrogen-bond donors (Lipinski definition) is 2. The minimum atomic E-state index is 0.393. The van der Waals surface area contributed by atoms with E-state index >= 15 is 0 Å². The molecule has 0 radical (unpaired) electrons. The Balaban J connectivity index is 2.99. The Morgan fingerprint density at radius 3 is 2.29 bits per heavy atom. The zero-order valence-electron chi connectivity index (χ0n) is 10.1. The summed E-state index contributed by atoms with van der Waals surface area (Å²) in [5.41, 5.74) is 14.0. The molecule has 0 aliphatic heterocycles. The second-order valence-electron chi connectivity index (χ2n) is 3.46. The monoisotopic (exact) mass is 231 g/mol. The number of hydrogen-bond acceptors (Lipinski definition) is 4. The van der Waals surface area contributed by atoms with Crippen molar-refractivity contribution < 1.29 is 4.74 Å². The van der Waals surface area contributed by atoms with E-state index in [-0.39, 0.29) is 0 Å². The van der Waals surface area contributed by atoms with Gasteiger partial charge in [-0.2, -0.15) is 0 Å². The molecule has 0 saturated carbocycles. The quantitative estimate of drug-likeness (QED) is 0.772. The molecule has 0 aliphatic rings. The summed E-state index contributed by atoms with van der Waals surface area (Å²) in [6.45, 7) is 3.63. The van der Waals surface area contributed by atoms with Crippen LogP contribution >= 0.6 is 0 Å². The van der Waals surface area contributed by atoms with Crippen LogP contribution in [0.4, 0.5) is 0 Å². The Bertz CT molecular complexity index is 458. The summed E-state index contributed by atoms with van der Waals surface area (Å²) in [5.74, 6) is 0.786. The number of benzene rings is 1. The Labute approximate surface area is 101 Å². The van der Waals surface area contributed by atoms with Crippen molar-refractivity contribution in [3.05, 3.63) is 48.2 Å². The maximum Gasteiger partial charge on any atom is 0.118 e. The van der Waals surface area contributed by atoms with Gasteiger partial charge in [-0.1, -0.05) is 6.58 Å². The van der Waals surface area contributed by atoms with Gasteiger partial charge < -0.3 is 16.2 Å². The standard InChI is InChI=1S/C13H17N3O/c1-9(14)13(16-2)8-12(15)10-4-6-11(17-3)7-5-10/h4-8H,1,14-15H2,2-3H3. The molecular weight excluding hydrogens is 214 g/mol. The molecule has 4 nitrogen and oxygen atoms in total. The van der Waals surface area contributed by atoms with Crippen LogP contribution in [0.15, 0.2) is 47.6 Å². The van der Waals surface area contributed by atoms with Crippen LogP contribution in [0.3, 0.4) is 0 Å². The van der Waals surface area contributed by atoms with E-state index < -0.39 is 0 Å². The number of nitrogens with zero attached hydrogens (tertiary/aromatic N) is 1. The van der Waals surface area contributed by atoms with E-state index in [9.17, 15) is 0 Å². The van der Waals surface area contributed by atoms with E-state index in [1.165, 1.54) is 0 Å². The Kier molecular flexibility index (Phi) is 4.34. The first-order valence-corrected chi connectivity index (χ1v) is 5.11. The van der Waals surface area contributed by atoms with Gasteiger partial charge in [0.1, 0.15) is 5.75 Å². The van der Waals surface area contributed by atoms with Gasteiger partial charge in [0.25, 0.3) is 0 Å². The van der Waals surface area contributed by atoms with Gasteiger partial charge in [-0.3, -0.25) is 4.99 Å². The lowest BCUT2D eigenvalue weighted by Crippen LogP contribution is -2.10. The van der Waals surface area contributed by atoms with Gasteiger partial charge in [0.05, 0.1) is 12.8 Å². The van der Waals surface area contributed by atoms with Crippen LogP contribution in [0.25, 0.3) is 5.70 Å². The van der Waals surface area contributed by atoms with Gasteiger partial charge in [0, 0.05) is 18.4 Å². The van der Waals surface area contributed by atoms with Crippen LogP contribution in [0.2, 0.25) is 0 Å². The summed E-state index contributed by atoms with van der Waals surface area (Å²) in [7, 11) is 3.26. The van der Waals surface area contributed by atoms with Crippen molar-refractivity contribution in [3.8, 4) is 5.75 Å². The molecule has 0 aromatic heterocycles. The van der Waals surface area contributed by atoms with Gasteiger partial charge in [-0.05, 0) is 35.9 Å². The van der Waals surface area contributed by atoms with E-state index in [4.69, 9.17) is 16.2 Å². The van der Waals surface area contributed by atoms with Gasteiger partial charge in [-0.15, -0.1) is 0 Å². The lowest BCUT2D eigenvalue weighted by Gasteiger charge is -2.05. The summed E-state index contributed by atoms with van der Waals surface area (Å²) in [4.78, 5) is 4.00. The first kappa shape index (κ1) is 12.8. The average molecular weight is 231 g/mol. The normalized spacial score (nSPS) is 12.4. The number of methoxy groups -OCH3 is 1. The van der Waals surface area contributed by atoms with E-state index in [0.29, 0.717) is 17.1 Å². The summed E-state index contributed by atoms with van der Waals surface area (Å²) in [6.07, 6.45) is 1.70. The molecule has 1 aromatic rings. The van der Waals surface area contributed by atoms with Gasteiger partial charge >= 0.3 is 0 Å². The number of nitrogens with two attached hydrogens (primary N) is 2. The molecule has 1 aromatic carbocycles. The highest BCUT2D eigenvalue weighted by Crippen LogP contribution is 2.15. The second-order valence-corrected chi connectivity index (χ2v) is 3.46. The van der Waals surface area contributed by atoms with E-state index in [0.717, 1.165) is 11.3 Å². The van der Waals surface area contributed by atoms with Crippen molar-refractivity contribution in [1.29, 1.82) is 0 Å². The zero-order chi connectivity index (χ0) is 12.8. The Morgan fingerprint density at radius 2 is 1.88 bits per heavy atom. The van der Waals surface area contributed by atoms with Crippen molar-refractivity contribution in [2.24, 2.45) is 16.5 Å². The average Bonchev–Trinajstić information content (AvgIpc) is 2.35. The van der Waals surface area contributed by atoms with Crippen LogP contribution < -0.4 is 16.2 Å². The molecule has 0 bridgehead atoms. The topological polar surface area (TPSA) is 73.6 Å². The fourth-order valence-corrected chi connectivity index (χ4v) is 1.31. The number of allylic oxidation sites excluding steroid dienone is 1. The predicted octanol–water partition coefficient (Wildman–Crippen LogP) is 1.54. The first-order chi connectivity index (χ1) is 8.08. The molecule has 4 heteroatoms. The maximum absolute atomic E-state index is 5.94. The molecule has 4 N–H and O–H groups in total. The third-order valence-electron chi connectivity index (χ3n) is 2.29. The van der Waals surface area contributed by atoms with Crippen LogP contribution in [0.5, 0.6) is 5.75 Å². The molecule has 0 atom stereocenters. The predicted molar refractivity (Wildman–Crippen MR) is 71.8 cm³/mol. The largest absolute Gasteiger partial charge is 0.497 e. The van der Waals surface area contributed by atoms with Gasteiger partial charge in [0.15, 0.2) is 0 Å². The molecular formula is C13H17N3O. The number of ether oxygens (including phenoxy) is 1. The Hall–Kier alpha value is -2.23. The highest BCUT2D eigenvalue weighted by atomic mass is 16.5. The third-order valence-corrected chi connectivity index (χ3v) is 2.29. The summed E-state index contributed by atoms with van der Waals surface area (Å²) in [5, 5.41) is 0. The lowest BCUT2D eigenvalue weighted by molar-refractivity contribution is 0.415. The molecule has 0 spiro atoms. The Morgan fingerprint density at radius 1 is 1.29 bits per heavy atom. The number of rotatable bonds is 4. The molecule has 0 unspecified atom stereocenters. The zero-order valence-corrected chi connectivity index (χ0v) is 10.1. The fraction of sp³-hybridized carbons (Fsp3) is 0.154. The minimum absolute atomic E-state index is 0.393. The van der Waals surface area contributed by atoms with Crippen molar-refractivity contribution in [2.75, 3.05) is 14.2 Å². The fourth-order valence-electron chi connectivity index (χ4n) is 1.31. The first-order valence-electron chi connectivity index (χ1n) is 5.11. The molecule has 0 aliphatic carbocycles. The van der Waals surface area contributed by atoms with Crippen LogP contribution in [-0.2, 0) is 0 Å². The molecule has 17 heavy (non-hydrogen) atoms. The molecule has 1 rings (SSSR count). The highest BCUT2D eigenvalue weighted by Gasteiger charge is 2.01. The molecule has 0 saturated heterocycles. The summed E-state index contributed by atoms with van der Waals surface area (Å²) >= 11 is 0. The molecule has 90 valence electrons. The molecule has 0 fully saturated rings. The molecule has 0 amide bonds. The maximum atomic E-state index is 5.94. The SMILES string of the molecule is C=C(N)C(C=C(N)c1ccc(OC)cc1)=NC. The van der Waals surface area contributed by atoms with E-state index in [2.05, 4.69) is 11.6 Å². The summed E-state index contributed by atoms with van der Waals surface area (Å²) in [6, 6.07) is 7.43. The van der Waals surface area contributed by atoms with Gasteiger partial charge in [0.2, 0.25) is 0 Å². The highest BCUT2D eigenvalue weighted by molar-refractivity contribution is 6.10. The van der Waals surface area contributed by atoms with Gasteiger partial charge in [-0.25, -0.2) is 0 Å². The van der Waals surface area contributed by atoms with E-state index in [1.54, 1.807) is 20.2 Å². The van der Waals surface area contributed by atoms with Crippen molar-refractivity contribution in [2.45, 2.75) is 0 Å². The number of aliphatic imine (C=N–C) groups is 1. The van der Waals surface area contributed by atoms with Crippen LogP contribution in [0.1, 0.15) is 5.56 Å². The minimum Gasteiger partial charge on any atom is -0.497 e. The van der Waals surface area contributed by atoms with Crippen molar-refractivity contribution >= 4 is 11.4 Å². The lowest BCUT2D eigenvalue weighted by atomic mass is 10.1. The third kappa shape index (κ3) is 3.38.